The summed E-state index contributed by atoms with van der Waals surface area (Å²) in [6.07, 6.45) is 0. The van der Waals surface area contributed by atoms with E-state index in [2.05, 4.69) is 21.2 Å². The zero-order chi connectivity index (χ0) is 7.66. The summed E-state index contributed by atoms with van der Waals surface area (Å²) in [6.45, 7) is 4.07. The fraction of sp³-hybridized carbons (Fsp3) is 1.00. The molecule has 1 aliphatic rings. The molecule has 0 unspecified atom stereocenters. The summed E-state index contributed by atoms with van der Waals surface area (Å²) in [5.74, 6) is 0. The fourth-order valence-electron chi connectivity index (χ4n) is 0.516. The highest BCUT2D eigenvalue weighted by atomic mass is 79.9. The molecule has 1 rings (SSSR count). The molecule has 11 heavy (non-hydrogen) atoms. The number of halogens is 2. The van der Waals surface area contributed by atoms with Gasteiger partial charge in [-0.25, -0.2) is 0 Å². The first-order valence-electron chi connectivity index (χ1n) is 3.37. The van der Waals surface area contributed by atoms with Crippen LogP contribution in [0.15, 0.2) is 0 Å². The maximum atomic E-state index is 7.83. The van der Waals surface area contributed by atoms with Crippen molar-refractivity contribution in [2.45, 2.75) is 0 Å². The number of nitrogens with one attached hydrogen (secondary N) is 1. The van der Waals surface area contributed by atoms with Gasteiger partial charge in [-0.2, -0.15) is 0 Å². The summed E-state index contributed by atoms with van der Waals surface area (Å²) in [6, 6.07) is 0. The number of hydrogen-bond acceptors (Lipinski definition) is 3. The quantitative estimate of drug-likeness (QED) is 0.660. The number of morpholine rings is 1. The lowest BCUT2D eigenvalue weighted by molar-refractivity contribution is 0.109. The Balaban J connectivity index is 0. The normalized spacial score (nSPS) is 15.8. The van der Waals surface area contributed by atoms with Gasteiger partial charge in [-0.3, -0.25) is 0 Å². The second kappa shape index (κ2) is 13.3. The molecule has 3 nitrogen and oxygen atoms in total. The molecule has 0 aromatic rings. The molecule has 0 aromatic heterocycles. The molecular weight excluding hydrogens is 233 g/mol. The third-order valence-corrected chi connectivity index (χ3v) is 1.29. The number of rotatable bonds is 1. The summed E-state index contributed by atoms with van der Waals surface area (Å²) in [5.41, 5.74) is 0. The van der Waals surface area contributed by atoms with Crippen LogP contribution in [-0.4, -0.2) is 43.3 Å². The number of aliphatic hydroxyl groups excluding tert-OH is 1. The van der Waals surface area contributed by atoms with Crippen LogP contribution in [0.25, 0.3) is 0 Å². The topological polar surface area (TPSA) is 41.5 Å². The van der Waals surface area contributed by atoms with Crippen LogP contribution >= 0.6 is 28.3 Å². The molecule has 70 valence electrons. The molecule has 5 heteroatoms. The number of alkyl halides is 1. The van der Waals surface area contributed by atoms with Crippen molar-refractivity contribution in [2.75, 3.05) is 38.2 Å². The molecular formula is C6H15BrClNO2. The van der Waals surface area contributed by atoms with E-state index in [9.17, 15) is 0 Å². The summed E-state index contributed by atoms with van der Waals surface area (Å²) in [5, 5.41) is 11.7. The third kappa shape index (κ3) is 13.6. The molecule has 2 N–H and O–H groups in total. The van der Waals surface area contributed by atoms with Gasteiger partial charge in [0.1, 0.15) is 0 Å². The molecule has 0 bridgehead atoms. The van der Waals surface area contributed by atoms with Crippen LogP contribution in [0.5, 0.6) is 0 Å². The van der Waals surface area contributed by atoms with Crippen molar-refractivity contribution in [3.8, 4) is 0 Å². The molecule has 1 saturated heterocycles. The van der Waals surface area contributed by atoms with Crippen molar-refractivity contribution >= 4 is 28.3 Å². The van der Waals surface area contributed by atoms with Gasteiger partial charge >= 0.3 is 0 Å². The van der Waals surface area contributed by atoms with Gasteiger partial charge in [0.05, 0.1) is 19.8 Å². The van der Waals surface area contributed by atoms with E-state index >= 15 is 0 Å². The Labute approximate surface area is 82.0 Å². The molecule has 1 aliphatic heterocycles. The van der Waals surface area contributed by atoms with Gasteiger partial charge in [0.2, 0.25) is 0 Å². The second-order valence-electron chi connectivity index (χ2n) is 1.77. The number of aliphatic hydroxyl groups is 1. The Kier molecular flexibility index (Phi) is 17.1. The van der Waals surface area contributed by atoms with E-state index in [1.807, 2.05) is 0 Å². The Morgan fingerprint density at radius 3 is 1.91 bits per heavy atom. The first-order valence-corrected chi connectivity index (χ1v) is 4.49. The third-order valence-electron chi connectivity index (χ3n) is 0.931. The zero-order valence-corrected chi connectivity index (χ0v) is 8.79. The summed E-state index contributed by atoms with van der Waals surface area (Å²) in [7, 11) is 0. The van der Waals surface area contributed by atoms with Crippen LogP contribution in [0.2, 0.25) is 0 Å². The maximum absolute atomic E-state index is 7.83. The lowest BCUT2D eigenvalue weighted by atomic mass is 10.5. The minimum absolute atomic E-state index is 0. The molecule has 0 saturated carbocycles. The molecule has 0 atom stereocenters. The highest BCUT2D eigenvalue weighted by Crippen LogP contribution is 1.76. The Bertz CT molecular complexity index is 51.0. The van der Waals surface area contributed by atoms with E-state index in [1.54, 1.807) is 0 Å². The van der Waals surface area contributed by atoms with Gasteiger partial charge in [-0.1, -0.05) is 15.9 Å². The molecule has 0 radical (unpaired) electrons. The predicted molar refractivity (Wildman–Crippen MR) is 51.8 cm³/mol. The molecule has 0 amide bonds. The minimum Gasteiger partial charge on any atom is -0.396 e. The maximum Gasteiger partial charge on any atom is 0.0591 e. The monoisotopic (exact) mass is 247 g/mol. The Morgan fingerprint density at radius 1 is 1.36 bits per heavy atom. The average Bonchev–Trinajstić information content (AvgIpc) is 2.08. The van der Waals surface area contributed by atoms with Crippen molar-refractivity contribution in [3.05, 3.63) is 0 Å². The van der Waals surface area contributed by atoms with Crippen molar-refractivity contribution in [1.29, 1.82) is 0 Å². The van der Waals surface area contributed by atoms with E-state index in [0.717, 1.165) is 26.3 Å². The van der Waals surface area contributed by atoms with Crippen LogP contribution in [0.3, 0.4) is 0 Å². The number of ether oxygens (including phenoxy) is 1. The molecule has 0 spiro atoms. The minimum atomic E-state index is 0. The van der Waals surface area contributed by atoms with Crippen molar-refractivity contribution in [1.82, 2.24) is 5.32 Å². The lowest BCUT2D eigenvalue weighted by Gasteiger charge is -2.10. The van der Waals surface area contributed by atoms with Gasteiger partial charge in [0.25, 0.3) is 0 Å². The highest BCUT2D eigenvalue weighted by molar-refractivity contribution is 9.09. The molecule has 0 aromatic carbocycles. The predicted octanol–water partition coefficient (Wildman–Crippen LogP) is 0.402. The fourth-order valence-corrected chi connectivity index (χ4v) is 0.516. The molecule has 1 heterocycles. The Morgan fingerprint density at radius 2 is 1.82 bits per heavy atom. The smallest absolute Gasteiger partial charge is 0.0591 e. The Hall–Kier alpha value is 0.650. The van der Waals surface area contributed by atoms with Gasteiger partial charge in [-0.05, 0) is 0 Å². The van der Waals surface area contributed by atoms with E-state index in [0.29, 0.717) is 5.33 Å². The first kappa shape index (κ1) is 14.2. The molecule has 1 fully saturated rings. The van der Waals surface area contributed by atoms with Crippen LogP contribution in [0.1, 0.15) is 0 Å². The number of hydrogen-bond donors (Lipinski definition) is 2. The van der Waals surface area contributed by atoms with Crippen LogP contribution < -0.4 is 5.32 Å². The lowest BCUT2D eigenvalue weighted by Crippen LogP contribution is -2.30. The van der Waals surface area contributed by atoms with E-state index in [1.165, 1.54) is 0 Å². The average molecular weight is 249 g/mol. The van der Waals surface area contributed by atoms with Gasteiger partial charge in [0, 0.05) is 18.4 Å². The summed E-state index contributed by atoms with van der Waals surface area (Å²) < 4.78 is 5.01. The van der Waals surface area contributed by atoms with Crippen LogP contribution in [0, 0.1) is 0 Å². The van der Waals surface area contributed by atoms with Crippen molar-refractivity contribution in [2.24, 2.45) is 0 Å². The van der Waals surface area contributed by atoms with Crippen molar-refractivity contribution < 1.29 is 9.84 Å². The van der Waals surface area contributed by atoms with E-state index in [-0.39, 0.29) is 19.0 Å². The largest absolute Gasteiger partial charge is 0.396 e. The van der Waals surface area contributed by atoms with Gasteiger partial charge in [-0.15, -0.1) is 12.4 Å². The van der Waals surface area contributed by atoms with Crippen molar-refractivity contribution in [3.63, 3.8) is 0 Å². The molecule has 0 aliphatic carbocycles. The van der Waals surface area contributed by atoms with Crippen LogP contribution in [0.4, 0.5) is 0 Å². The standard InChI is InChI=1S/C4H9NO.C2H5BrO.ClH/c1-3-6-4-2-5-1;3-1-2-4;/h5H,1-4H2;4H,1-2H2;1H. The van der Waals surface area contributed by atoms with E-state index in [4.69, 9.17) is 9.84 Å². The highest BCUT2D eigenvalue weighted by Gasteiger charge is 1.92. The van der Waals surface area contributed by atoms with E-state index < -0.39 is 0 Å². The second-order valence-corrected chi connectivity index (χ2v) is 2.57. The van der Waals surface area contributed by atoms with Crippen LogP contribution in [-0.2, 0) is 4.74 Å². The SMILES string of the molecule is C1COCCN1.Cl.OCCBr. The summed E-state index contributed by atoms with van der Waals surface area (Å²) >= 11 is 3.00. The first-order chi connectivity index (χ1) is 4.91. The zero-order valence-electron chi connectivity index (χ0n) is 6.38. The van der Waals surface area contributed by atoms with Gasteiger partial charge < -0.3 is 15.2 Å². The summed E-state index contributed by atoms with van der Waals surface area (Å²) in [4.78, 5) is 0. The van der Waals surface area contributed by atoms with Gasteiger partial charge in [0.15, 0.2) is 0 Å².